The summed E-state index contributed by atoms with van der Waals surface area (Å²) < 4.78 is 7.72. The van der Waals surface area contributed by atoms with E-state index in [4.69, 9.17) is 22.1 Å². The zero-order valence-electron chi connectivity index (χ0n) is 11.4. The van der Waals surface area contributed by atoms with Gasteiger partial charge in [0.05, 0.1) is 22.5 Å². The Morgan fingerprint density at radius 1 is 1.45 bits per heavy atom. The molecule has 0 bridgehead atoms. The fourth-order valence-corrected chi connectivity index (χ4v) is 2.89. The summed E-state index contributed by atoms with van der Waals surface area (Å²) >= 11 is 6.25. The van der Waals surface area contributed by atoms with Crippen LogP contribution in [0.5, 0.6) is 5.75 Å². The van der Waals surface area contributed by atoms with Crippen LogP contribution in [-0.4, -0.2) is 15.5 Å². The first-order valence-electron chi connectivity index (χ1n) is 6.16. The largest absolute Gasteiger partial charge is 0.481 e. The first-order valence-corrected chi connectivity index (χ1v) is 6.53. The number of primary amides is 1. The molecule has 5 nitrogen and oxygen atoms in total. The lowest BCUT2D eigenvalue weighted by Gasteiger charge is -2.33. The zero-order chi connectivity index (χ0) is 14.7. The van der Waals surface area contributed by atoms with E-state index in [9.17, 15) is 4.79 Å². The Labute approximate surface area is 121 Å². The van der Waals surface area contributed by atoms with Crippen LogP contribution >= 0.6 is 11.6 Å². The molecular weight excluding hydrogens is 278 g/mol. The second-order valence-corrected chi connectivity index (χ2v) is 5.73. The maximum Gasteiger partial charge on any atom is 0.265 e. The summed E-state index contributed by atoms with van der Waals surface area (Å²) in [5.74, 6) is 0.122. The van der Waals surface area contributed by atoms with Crippen LogP contribution in [0.1, 0.15) is 29.9 Å². The zero-order valence-corrected chi connectivity index (χ0v) is 12.2. The lowest BCUT2D eigenvalue weighted by Crippen LogP contribution is -2.29. The van der Waals surface area contributed by atoms with Gasteiger partial charge in [-0.15, -0.1) is 0 Å². The molecule has 0 unspecified atom stereocenters. The van der Waals surface area contributed by atoms with Gasteiger partial charge in [0.25, 0.3) is 5.91 Å². The molecule has 0 atom stereocenters. The predicted molar refractivity (Wildman–Crippen MR) is 75.8 cm³/mol. The molecule has 0 spiro atoms. The molecule has 1 aliphatic heterocycles. The summed E-state index contributed by atoms with van der Waals surface area (Å²) in [5.41, 5.74) is 7.74. The van der Waals surface area contributed by atoms with Gasteiger partial charge in [-0.25, -0.2) is 0 Å². The van der Waals surface area contributed by atoms with Crippen molar-refractivity contribution in [2.75, 3.05) is 0 Å². The Bertz CT molecular complexity index is 734. The van der Waals surface area contributed by atoms with Gasteiger partial charge in [-0.3, -0.25) is 9.78 Å². The summed E-state index contributed by atoms with van der Waals surface area (Å²) in [6.45, 7) is 3.86. The highest BCUT2D eigenvalue weighted by Gasteiger charge is 2.37. The van der Waals surface area contributed by atoms with E-state index in [1.807, 2.05) is 13.8 Å². The Kier molecular flexibility index (Phi) is 2.59. The van der Waals surface area contributed by atoms with Crippen LogP contribution in [0.25, 0.3) is 11.3 Å². The average Bonchev–Trinajstić information content (AvgIpc) is 2.68. The van der Waals surface area contributed by atoms with Crippen LogP contribution in [0.3, 0.4) is 0 Å². The van der Waals surface area contributed by atoms with Crippen molar-refractivity contribution in [3.8, 4) is 17.0 Å². The Hall–Kier alpha value is -2.01. The summed E-state index contributed by atoms with van der Waals surface area (Å²) in [5, 5.41) is 0.483. The number of fused-ring (bicyclic) bond motifs is 3. The first kappa shape index (κ1) is 13.0. The van der Waals surface area contributed by atoms with Crippen molar-refractivity contribution in [3.05, 3.63) is 34.7 Å². The lowest BCUT2D eigenvalue weighted by molar-refractivity contribution is 0.0992. The lowest BCUT2D eigenvalue weighted by atomic mass is 9.92. The summed E-state index contributed by atoms with van der Waals surface area (Å²) in [4.78, 5) is 15.6. The van der Waals surface area contributed by atoms with Crippen molar-refractivity contribution in [2.45, 2.75) is 19.4 Å². The van der Waals surface area contributed by atoms with Gasteiger partial charge in [-0.1, -0.05) is 11.6 Å². The minimum Gasteiger partial charge on any atom is -0.481 e. The fraction of sp³-hybridized carbons (Fsp3) is 0.286. The maximum absolute atomic E-state index is 11.6. The number of hydrogen-bond donors (Lipinski definition) is 1. The number of pyridine rings is 1. The molecule has 2 aromatic heterocycles. The van der Waals surface area contributed by atoms with Gasteiger partial charge >= 0.3 is 0 Å². The molecule has 2 N–H and O–H groups in total. The molecule has 2 aromatic rings. The highest BCUT2D eigenvalue weighted by atomic mass is 35.5. The van der Waals surface area contributed by atoms with Gasteiger partial charge in [0, 0.05) is 18.8 Å². The second kappa shape index (κ2) is 3.99. The highest BCUT2D eigenvalue weighted by Crippen LogP contribution is 2.48. The molecule has 104 valence electrons. The second-order valence-electron chi connectivity index (χ2n) is 5.32. The molecule has 0 aromatic carbocycles. The summed E-state index contributed by atoms with van der Waals surface area (Å²) in [7, 11) is 1.79. The molecule has 0 saturated heterocycles. The number of nitrogens with zero attached hydrogens (tertiary/aromatic N) is 2. The smallest absolute Gasteiger partial charge is 0.265 e. The number of carbonyl (C=O) groups excluding carboxylic acids is 1. The number of amides is 1. The summed E-state index contributed by atoms with van der Waals surface area (Å²) in [6.07, 6.45) is 3.19. The summed E-state index contributed by atoms with van der Waals surface area (Å²) in [6, 6.07) is 1.76. The van der Waals surface area contributed by atoms with Crippen LogP contribution in [-0.2, 0) is 12.6 Å². The van der Waals surface area contributed by atoms with Crippen molar-refractivity contribution in [2.24, 2.45) is 12.8 Å². The van der Waals surface area contributed by atoms with Gasteiger partial charge in [0.15, 0.2) is 0 Å². The monoisotopic (exact) mass is 291 g/mol. The Morgan fingerprint density at radius 3 is 2.80 bits per heavy atom. The Balaban J connectivity index is 2.41. The number of hydrogen-bond acceptors (Lipinski definition) is 3. The van der Waals surface area contributed by atoms with E-state index in [2.05, 4.69) is 4.98 Å². The van der Waals surface area contributed by atoms with Crippen LogP contribution in [0.2, 0.25) is 5.02 Å². The van der Waals surface area contributed by atoms with Crippen molar-refractivity contribution in [3.63, 3.8) is 0 Å². The van der Waals surface area contributed by atoms with E-state index in [1.165, 1.54) is 0 Å². The van der Waals surface area contributed by atoms with E-state index in [0.29, 0.717) is 16.5 Å². The van der Waals surface area contributed by atoms with Gasteiger partial charge < -0.3 is 15.0 Å². The van der Waals surface area contributed by atoms with E-state index < -0.39 is 11.5 Å². The van der Waals surface area contributed by atoms with Crippen molar-refractivity contribution >= 4 is 17.5 Å². The van der Waals surface area contributed by atoms with E-state index in [-0.39, 0.29) is 0 Å². The van der Waals surface area contributed by atoms with Crippen LogP contribution in [0.4, 0.5) is 0 Å². The fourth-order valence-electron chi connectivity index (χ4n) is 2.66. The third-order valence-corrected chi connectivity index (χ3v) is 3.89. The molecule has 3 rings (SSSR count). The third-order valence-electron chi connectivity index (χ3n) is 3.60. The molecule has 0 saturated carbocycles. The van der Waals surface area contributed by atoms with Crippen molar-refractivity contribution in [1.29, 1.82) is 0 Å². The topological polar surface area (TPSA) is 70.1 Å². The van der Waals surface area contributed by atoms with Crippen molar-refractivity contribution in [1.82, 2.24) is 9.55 Å². The number of halogens is 1. The number of rotatable bonds is 1. The number of nitrogens with two attached hydrogens (primary N) is 1. The minimum atomic E-state index is -0.583. The molecule has 1 aliphatic rings. The van der Waals surface area contributed by atoms with E-state index in [1.54, 1.807) is 30.1 Å². The molecule has 20 heavy (non-hydrogen) atoms. The number of ether oxygens (including phenoxy) is 1. The molecule has 3 heterocycles. The van der Waals surface area contributed by atoms with Crippen LogP contribution < -0.4 is 10.5 Å². The molecule has 6 heteroatoms. The molecular formula is C14H14ClN3O2. The number of aromatic nitrogens is 2. The average molecular weight is 292 g/mol. The maximum atomic E-state index is 11.6. The number of carbonyl (C=O) groups is 1. The van der Waals surface area contributed by atoms with Crippen LogP contribution in [0.15, 0.2) is 18.5 Å². The van der Waals surface area contributed by atoms with E-state index in [0.717, 1.165) is 16.8 Å². The molecule has 0 aliphatic carbocycles. The predicted octanol–water partition coefficient (Wildman–Crippen LogP) is 2.47. The van der Waals surface area contributed by atoms with E-state index >= 15 is 0 Å². The third kappa shape index (κ3) is 1.63. The van der Waals surface area contributed by atoms with Gasteiger partial charge in [-0.05, 0) is 19.9 Å². The van der Waals surface area contributed by atoms with Gasteiger partial charge in [0.1, 0.15) is 17.0 Å². The molecule has 1 amide bonds. The highest BCUT2D eigenvalue weighted by molar-refractivity contribution is 6.33. The standard InChI is InChI=1S/C14H14ClN3O2/c1-14(2)7-4-9(13(16)19)18(3)12(7)11-8(15)5-17-6-10(11)20-14/h4-6H,1-3H3,(H2,16,19). The van der Waals surface area contributed by atoms with Crippen molar-refractivity contribution < 1.29 is 9.53 Å². The SMILES string of the molecule is Cn1c(C(N)=O)cc2c1-c1c(Cl)cncc1OC2(C)C. The first-order chi connectivity index (χ1) is 9.33. The quantitative estimate of drug-likeness (QED) is 0.877. The minimum absolute atomic E-state index is 0.424. The molecule has 0 radical (unpaired) electrons. The van der Waals surface area contributed by atoms with Crippen LogP contribution in [0, 0.1) is 0 Å². The van der Waals surface area contributed by atoms with Gasteiger partial charge in [0.2, 0.25) is 0 Å². The Morgan fingerprint density at radius 2 is 2.15 bits per heavy atom. The van der Waals surface area contributed by atoms with Gasteiger partial charge in [-0.2, -0.15) is 0 Å². The molecule has 0 fully saturated rings. The normalized spacial score (nSPS) is 15.2.